The van der Waals surface area contributed by atoms with Gasteiger partial charge < -0.3 is 10.2 Å². The summed E-state index contributed by atoms with van der Waals surface area (Å²) in [6.07, 6.45) is 0. The van der Waals surface area contributed by atoms with Crippen LogP contribution in [0.3, 0.4) is 0 Å². The van der Waals surface area contributed by atoms with Gasteiger partial charge in [0.1, 0.15) is 5.69 Å². The largest absolute Gasteiger partial charge is 0.363 e. The molecule has 28 heavy (non-hydrogen) atoms. The molecule has 146 valence electrons. The number of amides is 3. The van der Waals surface area contributed by atoms with Crippen molar-refractivity contribution < 1.29 is 14.5 Å². The second-order valence-electron chi connectivity index (χ2n) is 6.38. The van der Waals surface area contributed by atoms with E-state index < -0.39 is 11.9 Å². The van der Waals surface area contributed by atoms with Gasteiger partial charge in [-0.25, -0.2) is 4.79 Å². The van der Waals surface area contributed by atoms with Crippen LogP contribution in [-0.4, -0.2) is 54.5 Å². The lowest BCUT2D eigenvalue weighted by molar-refractivity contribution is -0.384. The lowest BCUT2D eigenvalue weighted by Crippen LogP contribution is -2.50. The normalized spacial score (nSPS) is 14.4. The van der Waals surface area contributed by atoms with Crippen LogP contribution in [0, 0.1) is 10.1 Å². The van der Waals surface area contributed by atoms with Gasteiger partial charge in [0.25, 0.3) is 5.69 Å². The van der Waals surface area contributed by atoms with Gasteiger partial charge in [-0.15, -0.1) is 0 Å². The molecule has 0 bridgehead atoms. The van der Waals surface area contributed by atoms with Crippen molar-refractivity contribution in [1.29, 1.82) is 0 Å². The van der Waals surface area contributed by atoms with E-state index in [2.05, 4.69) is 10.6 Å². The summed E-state index contributed by atoms with van der Waals surface area (Å²) in [6.45, 7) is 2.36. The van der Waals surface area contributed by atoms with Crippen molar-refractivity contribution in [3.8, 4) is 0 Å². The van der Waals surface area contributed by atoms with Crippen LogP contribution in [0.5, 0.6) is 0 Å². The third kappa shape index (κ3) is 5.04. The van der Waals surface area contributed by atoms with Gasteiger partial charge >= 0.3 is 6.03 Å². The van der Waals surface area contributed by atoms with Crippen LogP contribution >= 0.6 is 0 Å². The summed E-state index contributed by atoms with van der Waals surface area (Å²) < 4.78 is 0. The van der Waals surface area contributed by atoms with Crippen molar-refractivity contribution in [2.45, 2.75) is 0 Å². The molecule has 2 N–H and O–H groups in total. The average molecular weight is 383 g/mol. The van der Waals surface area contributed by atoms with E-state index >= 15 is 0 Å². The maximum Gasteiger partial charge on any atom is 0.325 e. The molecule has 2 aromatic carbocycles. The first kappa shape index (κ1) is 19.3. The SMILES string of the molecule is O=C(CN1CCN(c2ccccc2[N+](=O)[O-])CC1)NC(=O)Nc1ccccc1. The van der Waals surface area contributed by atoms with E-state index in [9.17, 15) is 19.7 Å². The van der Waals surface area contributed by atoms with Gasteiger partial charge in [-0.3, -0.25) is 25.1 Å². The highest BCUT2D eigenvalue weighted by Crippen LogP contribution is 2.28. The summed E-state index contributed by atoms with van der Waals surface area (Å²) >= 11 is 0. The standard InChI is InChI=1S/C19H21N5O4/c25-18(21-19(26)20-15-6-2-1-3-7-15)14-22-10-12-23(13-11-22)16-8-4-5-9-17(16)24(27)28/h1-9H,10-14H2,(H2,20,21,25,26). The second kappa shape index (κ2) is 8.96. The summed E-state index contributed by atoms with van der Waals surface area (Å²) in [6, 6.07) is 14.9. The number of rotatable bonds is 5. The van der Waals surface area contributed by atoms with Gasteiger partial charge in [0.2, 0.25) is 5.91 Å². The van der Waals surface area contributed by atoms with Crippen LogP contribution in [0.2, 0.25) is 0 Å². The fourth-order valence-electron chi connectivity index (χ4n) is 3.09. The summed E-state index contributed by atoms with van der Waals surface area (Å²) in [5.41, 5.74) is 1.26. The van der Waals surface area contributed by atoms with Crippen LogP contribution in [0.4, 0.5) is 21.9 Å². The maximum absolute atomic E-state index is 12.1. The van der Waals surface area contributed by atoms with E-state index in [1.807, 2.05) is 15.9 Å². The number of piperazine rings is 1. The average Bonchev–Trinajstić information content (AvgIpc) is 2.69. The summed E-state index contributed by atoms with van der Waals surface area (Å²) in [7, 11) is 0. The maximum atomic E-state index is 12.1. The molecule has 3 amide bonds. The van der Waals surface area contributed by atoms with Crippen molar-refractivity contribution in [2.75, 3.05) is 42.9 Å². The van der Waals surface area contributed by atoms with E-state index in [-0.39, 0.29) is 17.2 Å². The zero-order valence-corrected chi connectivity index (χ0v) is 15.2. The Morgan fingerprint density at radius 3 is 2.29 bits per heavy atom. The molecule has 9 heteroatoms. The fraction of sp³-hybridized carbons (Fsp3) is 0.263. The molecule has 1 heterocycles. The number of carbonyl (C=O) groups excluding carboxylic acids is 2. The van der Waals surface area contributed by atoms with Crippen molar-refractivity contribution >= 4 is 29.0 Å². The molecular weight excluding hydrogens is 362 g/mol. The Morgan fingerprint density at radius 1 is 0.964 bits per heavy atom. The number of nitro benzene ring substituents is 1. The number of nitrogens with zero attached hydrogens (tertiary/aromatic N) is 3. The van der Waals surface area contributed by atoms with E-state index in [1.165, 1.54) is 6.07 Å². The Balaban J connectivity index is 1.47. The molecule has 1 fully saturated rings. The first-order valence-corrected chi connectivity index (χ1v) is 8.89. The Kier molecular flexibility index (Phi) is 6.18. The lowest BCUT2D eigenvalue weighted by atomic mass is 10.2. The Morgan fingerprint density at radius 2 is 1.61 bits per heavy atom. The molecular formula is C19H21N5O4. The number of nitrogens with one attached hydrogen (secondary N) is 2. The smallest absolute Gasteiger partial charge is 0.325 e. The predicted molar refractivity (Wildman–Crippen MR) is 105 cm³/mol. The molecule has 0 aliphatic carbocycles. The quantitative estimate of drug-likeness (QED) is 0.604. The molecule has 1 aliphatic heterocycles. The van der Waals surface area contributed by atoms with Gasteiger partial charge in [-0.05, 0) is 18.2 Å². The highest BCUT2D eigenvalue weighted by Gasteiger charge is 2.24. The Bertz CT molecular complexity index is 850. The predicted octanol–water partition coefficient (Wildman–Crippen LogP) is 2.07. The Hall–Kier alpha value is -3.46. The number of hydrogen-bond acceptors (Lipinski definition) is 6. The minimum atomic E-state index is -0.574. The van der Waals surface area contributed by atoms with Gasteiger partial charge in [-0.1, -0.05) is 30.3 Å². The molecule has 3 rings (SSSR count). The number of nitro groups is 1. The molecule has 0 atom stereocenters. The van der Waals surface area contributed by atoms with Gasteiger partial charge in [0.05, 0.1) is 11.5 Å². The number of carbonyl (C=O) groups is 2. The molecule has 9 nitrogen and oxygen atoms in total. The zero-order valence-electron chi connectivity index (χ0n) is 15.2. The van der Waals surface area contributed by atoms with E-state index in [4.69, 9.17) is 0 Å². The van der Waals surface area contributed by atoms with Crippen molar-refractivity contribution in [1.82, 2.24) is 10.2 Å². The van der Waals surface area contributed by atoms with Crippen LogP contribution in [0.1, 0.15) is 0 Å². The van der Waals surface area contributed by atoms with Crippen molar-refractivity contribution in [3.05, 3.63) is 64.7 Å². The second-order valence-corrected chi connectivity index (χ2v) is 6.38. The number of anilines is 2. The van der Waals surface area contributed by atoms with E-state index in [0.717, 1.165) is 0 Å². The molecule has 1 aliphatic rings. The van der Waals surface area contributed by atoms with Gasteiger partial charge in [0, 0.05) is 37.9 Å². The number of hydrogen-bond donors (Lipinski definition) is 2. The van der Waals surface area contributed by atoms with Crippen molar-refractivity contribution in [2.24, 2.45) is 0 Å². The third-order valence-electron chi connectivity index (χ3n) is 4.44. The highest BCUT2D eigenvalue weighted by molar-refractivity contribution is 6.01. The molecule has 1 saturated heterocycles. The minimum absolute atomic E-state index is 0.0753. The highest BCUT2D eigenvalue weighted by atomic mass is 16.6. The first-order valence-electron chi connectivity index (χ1n) is 8.89. The number of para-hydroxylation sites is 3. The fourth-order valence-corrected chi connectivity index (χ4v) is 3.09. The van der Waals surface area contributed by atoms with Crippen molar-refractivity contribution in [3.63, 3.8) is 0 Å². The zero-order chi connectivity index (χ0) is 19.9. The van der Waals surface area contributed by atoms with E-state index in [0.29, 0.717) is 37.6 Å². The number of urea groups is 1. The molecule has 0 spiro atoms. The molecule has 2 aromatic rings. The minimum Gasteiger partial charge on any atom is -0.363 e. The summed E-state index contributed by atoms with van der Waals surface area (Å²) in [5, 5.41) is 16.1. The molecule has 0 saturated carbocycles. The van der Waals surface area contributed by atoms with Gasteiger partial charge in [0.15, 0.2) is 0 Å². The van der Waals surface area contributed by atoms with Crippen LogP contribution < -0.4 is 15.5 Å². The van der Waals surface area contributed by atoms with E-state index in [1.54, 1.807) is 42.5 Å². The first-order chi connectivity index (χ1) is 13.5. The van der Waals surface area contributed by atoms with Crippen LogP contribution in [0.15, 0.2) is 54.6 Å². The molecule has 0 unspecified atom stereocenters. The summed E-state index contributed by atoms with van der Waals surface area (Å²) in [5.74, 6) is -0.396. The summed E-state index contributed by atoms with van der Waals surface area (Å²) in [4.78, 5) is 38.6. The molecule has 0 aromatic heterocycles. The Labute approximate surface area is 162 Å². The van der Waals surface area contributed by atoms with Crippen LogP contribution in [-0.2, 0) is 4.79 Å². The van der Waals surface area contributed by atoms with Crippen LogP contribution in [0.25, 0.3) is 0 Å². The lowest BCUT2D eigenvalue weighted by Gasteiger charge is -2.35. The third-order valence-corrected chi connectivity index (χ3v) is 4.44. The molecule has 0 radical (unpaired) electrons. The number of imide groups is 1. The number of benzene rings is 2. The monoisotopic (exact) mass is 383 g/mol. The topological polar surface area (TPSA) is 108 Å². The van der Waals surface area contributed by atoms with Gasteiger partial charge in [-0.2, -0.15) is 0 Å².